The maximum absolute atomic E-state index is 14.4. The summed E-state index contributed by atoms with van der Waals surface area (Å²) in [7, 11) is 0. The summed E-state index contributed by atoms with van der Waals surface area (Å²) in [6.45, 7) is 4.51. The molecule has 1 fully saturated rings. The van der Waals surface area contributed by atoms with E-state index < -0.39 is 17.9 Å². The van der Waals surface area contributed by atoms with Gasteiger partial charge in [-0.3, -0.25) is 0 Å². The Hall–Kier alpha value is -2.38. The SMILES string of the molecule is Cc1ccc(/C=C(\F)OCC2COC(Cn3ccnc3)(c3ccc(Cl)cc3Cl)O2)cc1C. The van der Waals surface area contributed by atoms with E-state index in [4.69, 9.17) is 37.4 Å². The largest absolute Gasteiger partial charge is 0.468 e. The second kappa shape index (κ2) is 9.63. The average molecular weight is 477 g/mol. The molecule has 1 aliphatic heterocycles. The molecule has 4 rings (SSSR count). The highest BCUT2D eigenvalue weighted by atomic mass is 35.5. The van der Waals surface area contributed by atoms with Gasteiger partial charge in [-0.1, -0.05) is 47.5 Å². The molecule has 0 saturated carbocycles. The Labute approximate surface area is 196 Å². The number of hydrogen-bond donors (Lipinski definition) is 0. The van der Waals surface area contributed by atoms with E-state index in [-0.39, 0.29) is 13.2 Å². The summed E-state index contributed by atoms with van der Waals surface area (Å²) >= 11 is 12.5. The predicted molar refractivity (Wildman–Crippen MR) is 122 cm³/mol. The number of aromatic nitrogens is 2. The maximum Gasteiger partial charge on any atom is 0.273 e. The molecule has 0 bridgehead atoms. The average Bonchev–Trinajstić information content (AvgIpc) is 3.40. The highest BCUT2D eigenvalue weighted by Crippen LogP contribution is 2.40. The molecule has 0 N–H and O–H groups in total. The number of hydrogen-bond acceptors (Lipinski definition) is 4. The summed E-state index contributed by atoms with van der Waals surface area (Å²) in [5.74, 6) is -1.18. The van der Waals surface area contributed by atoms with E-state index in [0.29, 0.717) is 22.2 Å². The van der Waals surface area contributed by atoms with E-state index in [1.807, 2.05) is 36.6 Å². The van der Waals surface area contributed by atoms with Crippen molar-refractivity contribution >= 4 is 29.3 Å². The molecule has 2 unspecified atom stereocenters. The first kappa shape index (κ1) is 22.8. The summed E-state index contributed by atoms with van der Waals surface area (Å²) in [6.07, 6.45) is 5.99. The minimum absolute atomic E-state index is 0.00986. The third-order valence-electron chi connectivity index (χ3n) is 5.37. The molecule has 3 aromatic rings. The molecule has 1 aromatic heterocycles. The molecular formula is C24H23Cl2FN2O3. The van der Waals surface area contributed by atoms with Crippen LogP contribution in [0, 0.1) is 13.8 Å². The number of benzene rings is 2. The van der Waals surface area contributed by atoms with Gasteiger partial charge in [0.15, 0.2) is 0 Å². The molecule has 168 valence electrons. The van der Waals surface area contributed by atoms with Gasteiger partial charge >= 0.3 is 0 Å². The van der Waals surface area contributed by atoms with Crippen LogP contribution in [0.2, 0.25) is 10.0 Å². The maximum atomic E-state index is 14.4. The Kier molecular flexibility index (Phi) is 6.86. The minimum Gasteiger partial charge on any atom is -0.468 e. The van der Waals surface area contributed by atoms with E-state index in [0.717, 1.165) is 16.7 Å². The van der Waals surface area contributed by atoms with Crippen LogP contribution in [-0.2, 0) is 26.5 Å². The third kappa shape index (κ3) is 5.15. The number of ether oxygens (including phenoxy) is 3. The van der Waals surface area contributed by atoms with Crippen LogP contribution >= 0.6 is 23.2 Å². The second-order valence-corrected chi connectivity index (χ2v) is 8.61. The first-order chi connectivity index (χ1) is 15.3. The second-order valence-electron chi connectivity index (χ2n) is 7.77. The lowest BCUT2D eigenvalue weighted by Gasteiger charge is -2.29. The van der Waals surface area contributed by atoms with Crippen LogP contribution in [0.25, 0.3) is 6.08 Å². The van der Waals surface area contributed by atoms with Gasteiger partial charge in [0, 0.05) is 29.1 Å². The van der Waals surface area contributed by atoms with E-state index in [1.165, 1.54) is 6.08 Å². The van der Waals surface area contributed by atoms with Gasteiger partial charge in [0.05, 0.1) is 24.5 Å². The summed E-state index contributed by atoms with van der Waals surface area (Å²) < 4.78 is 33.9. The number of rotatable bonds is 7. The topological polar surface area (TPSA) is 45.5 Å². The normalized spacial score (nSPS) is 21.2. The molecule has 32 heavy (non-hydrogen) atoms. The Morgan fingerprint density at radius 1 is 1.25 bits per heavy atom. The van der Waals surface area contributed by atoms with Gasteiger partial charge in [-0.15, -0.1) is 0 Å². The molecule has 0 spiro atoms. The molecule has 0 amide bonds. The summed E-state index contributed by atoms with van der Waals surface area (Å²) in [5.41, 5.74) is 3.60. The van der Waals surface area contributed by atoms with Gasteiger partial charge in [0.1, 0.15) is 12.7 Å². The molecule has 2 heterocycles. The Bertz CT molecular complexity index is 1120. The van der Waals surface area contributed by atoms with Gasteiger partial charge in [0.25, 0.3) is 6.01 Å². The smallest absolute Gasteiger partial charge is 0.273 e. The Morgan fingerprint density at radius 2 is 2.09 bits per heavy atom. The summed E-state index contributed by atoms with van der Waals surface area (Å²) in [6, 6.07) is 10.1. The van der Waals surface area contributed by atoms with Gasteiger partial charge in [-0.2, -0.15) is 4.39 Å². The van der Waals surface area contributed by atoms with Crippen molar-refractivity contribution in [2.24, 2.45) is 0 Å². The van der Waals surface area contributed by atoms with Gasteiger partial charge in [-0.05, 0) is 42.7 Å². The van der Waals surface area contributed by atoms with Crippen molar-refractivity contribution in [1.82, 2.24) is 9.55 Å². The Morgan fingerprint density at radius 3 is 2.81 bits per heavy atom. The first-order valence-electron chi connectivity index (χ1n) is 10.1. The molecular weight excluding hydrogens is 454 g/mol. The van der Waals surface area contributed by atoms with Crippen LogP contribution in [-0.4, -0.2) is 28.9 Å². The fraction of sp³-hybridized carbons (Fsp3) is 0.292. The lowest BCUT2D eigenvalue weighted by atomic mass is 10.1. The zero-order valence-electron chi connectivity index (χ0n) is 17.7. The van der Waals surface area contributed by atoms with Crippen LogP contribution in [0.3, 0.4) is 0 Å². The fourth-order valence-electron chi connectivity index (χ4n) is 3.57. The van der Waals surface area contributed by atoms with Crippen molar-refractivity contribution in [3.05, 3.63) is 93.4 Å². The quantitative estimate of drug-likeness (QED) is 0.388. The molecule has 0 radical (unpaired) electrons. The molecule has 2 atom stereocenters. The van der Waals surface area contributed by atoms with Gasteiger partial charge < -0.3 is 18.8 Å². The predicted octanol–water partition coefficient (Wildman–Crippen LogP) is 6.06. The zero-order valence-corrected chi connectivity index (χ0v) is 19.2. The lowest BCUT2D eigenvalue weighted by molar-refractivity contribution is -0.190. The standard InChI is InChI=1S/C24H23Cl2FN2O3/c1-16-3-4-18(9-17(16)2)10-23(27)30-12-20-13-31-24(32-20,14-29-8-7-28-15-29)21-6-5-19(25)11-22(21)26/h3-11,15,20H,12-14H2,1-2H3/b23-10+. The van der Waals surface area contributed by atoms with Crippen molar-refractivity contribution in [3.63, 3.8) is 0 Å². The van der Waals surface area contributed by atoms with Crippen LogP contribution in [0.5, 0.6) is 0 Å². The third-order valence-corrected chi connectivity index (χ3v) is 5.92. The molecule has 2 aromatic carbocycles. The van der Waals surface area contributed by atoms with E-state index in [1.54, 1.807) is 36.9 Å². The van der Waals surface area contributed by atoms with Crippen molar-refractivity contribution in [2.75, 3.05) is 13.2 Å². The highest BCUT2D eigenvalue weighted by Gasteiger charge is 2.45. The number of halogens is 3. The molecule has 5 nitrogen and oxygen atoms in total. The summed E-state index contributed by atoms with van der Waals surface area (Å²) in [4.78, 5) is 4.07. The molecule has 0 aliphatic carbocycles. The first-order valence-corrected chi connectivity index (χ1v) is 10.9. The van der Waals surface area contributed by atoms with E-state index in [9.17, 15) is 4.39 Å². The van der Waals surface area contributed by atoms with E-state index >= 15 is 0 Å². The number of imidazole rings is 1. The fourth-order valence-corrected chi connectivity index (χ4v) is 4.13. The van der Waals surface area contributed by atoms with Crippen LogP contribution < -0.4 is 0 Å². The Balaban J connectivity index is 1.48. The van der Waals surface area contributed by atoms with Gasteiger partial charge in [-0.25, -0.2) is 4.98 Å². The number of aryl methyl sites for hydroxylation is 2. The minimum atomic E-state index is -1.18. The van der Waals surface area contributed by atoms with Crippen molar-refractivity contribution in [2.45, 2.75) is 32.3 Å². The van der Waals surface area contributed by atoms with E-state index in [2.05, 4.69) is 4.98 Å². The van der Waals surface area contributed by atoms with Crippen molar-refractivity contribution in [1.29, 1.82) is 0 Å². The molecule has 1 aliphatic rings. The monoisotopic (exact) mass is 476 g/mol. The molecule has 1 saturated heterocycles. The molecule has 8 heteroatoms. The van der Waals surface area contributed by atoms with Crippen molar-refractivity contribution < 1.29 is 18.6 Å². The summed E-state index contributed by atoms with van der Waals surface area (Å²) in [5, 5.41) is 0.924. The zero-order chi connectivity index (χ0) is 22.7. The van der Waals surface area contributed by atoms with Gasteiger partial charge in [0.2, 0.25) is 5.79 Å². The van der Waals surface area contributed by atoms with Crippen LogP contribution in [0.4, 0.5) is 4.39 Å². The van der Waals surface area contributed by atoms with Crippen molar-refractivity contribution in [3.8, 4) is 0 Å². The van der Waals surface area contributed by atoms with Crippen LogP contribution in [0.15, 0.2) is 61.1 Å². The lowest BCUT2D eigenvalue weighted by Crippen LogP contribution is -2.34. The van der Waals surface area contributed by atoms with Crippen LogP contribution in [0.1, 0.15) is 22.3 Å². The highest BCUT2D eigenvalue weighted by molar-refractivity contribution is 6.35. The number of nitrogens with zero attached hydrogens (tertiary/aromatic N) is 2.